The molecule has 4 amide bonds. The Morgan fingerprint density at radius 1 is 1.16 bits per heavy atom. The van der Waals surface area contributed by atoms with Gasteiger partial charge in [-0.2, -0.15) is 0 Å². The smallest absolute Gasteiger partial charge is 0.325 e. The molecule has 1 aliphatic carbocycles. The number of rotatable bonds is 8. The lowest BCUT2D eigenvalue weighted by atomic mass is 9.98. The minimum absolute atomic E-state index is 0.0238. The molecule has 2 aromatic rings. The third-order valence-corrected chi connectivity index (χ3v) is 6.81. The van der Waals surface area contributed by atoms with Crippen molar-refractivity contribution < 1.29 is 14.4 Å². The molecular formula is C25H34N4O3. The first-order valence-electron chi connectivity index (χ1n) is 11.8. The Morgan fingerprint density at radius 3 is 2.62 bits per heavy atom. The summed E-state index contributed by atoms with van der Waals surface area (Å²) < 4.78 is 0. The van der Waals surface area contributed by atoms with Crippen LogP contribution in [0.3, 0.4) is 0 Å². The van der Waals surface area contributed by atoms with Gasteiger partial charge in [-0.3, -0.25) is 14.5 Å². The van der Waals surface area contributed by atoms with Crippen molar-refractivity contribution in [3.05, 3.63) is 30.5 Å². The number of carbonyl (C=O) groups is 3. The van der Waals surface area contributed by atoms with Crippen LogP contribution in [0.2, 0.25) is 0 Å². The second kappa shape index (κ2) is 8.96. The van der Waals surface area contributed by atoms with Crippen molar-refractivity contribution in [2.45, 2.75) is 77.3 Å². The number of hydrogen-bond donors (Lipinski definition) is 2. The van der Waals surface area contributed by atoms with E-state index in [0.29, 0.717) is 12.3 Å². The van der Waals surface area contributed by atoms with Crippen LogP contribution in [0.5, 0.6) is 0 Å². The lowest BCUT2D eigenvalue weighted by Gasteiger charge is -2.31. The molecule has 1 aromatic carbocycles. The minimum Gasteiger partial charge on any atom is -0.361 e. The summed E-state index contributed by atoms with van der Waals surface area (Å²) in [5.41, 5.74) is 1.23. The van der Waals surface area contributed by atoms with E-state index in [1.165, 1.54) is 4.90 Å². The Bertz CT molecular complexity index is 1010. The van der Waals surface area contributed by atoms with Crippen LogP contribution in [0, 0.1) is 5.92 Å². The SMILES string of the molecule is CC(C)CC(C)N(C(=O)CCCN1C(=O)NC2(CCCC2)C1=O)c1ccc2[nH]ccc2c1. The van der Waals surface area contributed by atoms with E-state index in [0.717, 1.165) is 48.7 Å². The number of amides is 4. The van der Waals surface area contributed by atoms with E-state index in [2.05, 4.69) is 31.1 Å². The highest BCUT2D eigenvalue weighted by atomic mass is 16.2. The third-order valence-electron chi connectivity index (χ3n) is 6.81. The molecular weight excluding hydrogens is 404 g/mol. The van der Waals surface area contributed by atoms with Gasteiger partial charge in [0.2, 0.25) is 5.91 Å². The number of imide groups is 1. The number of urea groups is 1. The van der Waals surface area contributed by atoms with Crippen molar-refractivity contribution in [3.8, 4) is 0 Å². The zero-order valence-electron chi connectivity index (χ0n) is 19.3. The van der Waals surface area contributed by atoms with E-state index in [4.69, 9.17) is 0 Å². The Kier molecular flexibility index (Phi) is 6.26. The summed E-state index contributed by atoms with van der Waals surface area (Å²) in [6, 6.07) is 7.77. The number of fused-ring (bicyclic) bond motifs is 1. The predicted molar refractivity (Wildman–Crippen MR) is 125 cm³/mol. The molecule has 0 bridgehead atoms. The fourth-order valence-corrected chi connectivity index (χ4v) is 5.33. The first-order valence-corrected chi connectivity index (χ1v) is 11.8. The number of hydrogen-bond acceptors (Lipinski definition) is 3. The average molecular weight is 439 g/mol. The van der Waals surface area contributed by atoms with Crippen molar-refractivity contribution in [2.24, 2.45) is 5.92 Å². The maximum atomic E-state index is 13.3. The zero-order chi connectivity index (χ0) is 22.9. The van der Waals surface area contributed by atoms with Gasteiger partial charge in [-0.15, -0.1) is 0 Å². The van der Waals surface area contributed by atoms with Crippen LogP contribution in [-0.2, 0) is 9.59 Å². The van der Waals surface area contributed by atoms with Crippen LogP contribution in [0.1, 0.15) is 65.7 Å². The van der Waals surface area contributed by atoms with Crippen LogP contribution in [0.15, 0.2) is 30.5 Å². The maximum Gasteiger partial charge on any atom is 0.325 e. The van der Waals surface area contributed by atoms with Gasteiger partial charge < -0.3 is 15.2 Å². The Balaban J connectivity index is 1.44. The van der Waals surface area contributed by atoms with Gasteiger partial charge in [0.1, 0.15) is 5.54 Å². The predicted octanol–water partition coefficient (Wildman–Crippen LogP) is 4.58. The van der Waals surface area contributed by atoms with Crippen molar-refractivity contribution in [1.82, 2.24) is 15.2 Å². The van der Waals surface area contributed by atoms with Gasteiger partial charge >= 0.3 is 6.03 Å². The Labute approximate surface area is 189 Å². The number of benzene rings is 1. The zero-order valence-corrected chi connectivity index (χ0v) is 19.3. The van der Waals surface area contributed by atoms with E-state index >= 15 is 0 Å². The van der Waals surface area contributed by atoms with Gasteiger partial charge in [0, 0.05) is 41.8 Å². The van der Waals surface area contributed by atoms with E-state index in [-0.39, 0.29) is 36.9 Å². The molecule has 2 fully saturated rings. The number of aromatic nitrogens is 1. The molecule has 7 heteroatoms. The monoisotopic (exact) mass is 438 g/mol. The molecule has 1 spiro atoms. The molecule has 172 valence electrons. The lowest BCUT2D eigenvalue weighted by molar-refractivity contribution is -0.131. The van der Waals surface area contributed by atoms with E-state index in [9.17, 15) is 14.4 Å². The van der Waals surface area contributed by atoms with Crippen LogP contribution < -0.4 is 10.2 Å². The van der Waals surface area contributed by atoms with E-state index < -0.39 is 5.54 Å². The molecule has 32 heavy (non-hydrogen) atoms. The fourth-order valence-electron chi connectivity index (χ4n) is 5.33. The first-order chi connectivity index (χ1) is 15.3. The number of anilines is 1. The number of H-pyrrole nitrogens is 1. The highest BCUT2D eigenvalue weighted by Gasteiger charge is 2.52. The molecule has 7 nitrogen and oxygen atoms in total. The quantitative estimate of drug-likeness (QED) is 0.592. The highest BCUT2D eigenvalue weighted by Crippen LogP contribution is 2.35. The summed E-state index contributed by atoms with van der Waals surface area (Å²) in [6.07, 6.45) is 6.91. The van der Waals surface area contributed by atoms with Crippen LogP contribution in [-0.4, -0.2) is 45.9 Å². The van der Waals surface area contributed by atoms with Crippen molar-refractivity contribution in [3.63, 3.8) is 0 Å². The highest BCUT2D eigenvalue weighted by molar-refractivity contribution is 6.07. The van der Waals surface area contributed by atoms with Gasteiger partial charge in [0.05, 0.1) is 0 Å². The van der Waals surface area contributed by atoms with Crippen molar-refractivity contribution >= 4 is 34.4 Å². The maximum absolute atomic E-state index is 13.3. The molecule has 2 aliphatic rings. The van der Waals surface area contributed by atoms with Crippen molar-refractivity contribution in [1.29, 1.82) is 0 Å². The molecule has 1 aliphatic heterocycles. The summed E-state index contributed by atoms with van der Waals surface area (Å²) >= 11 is 0. The lowest BCUT2D eigenvalue weighted by Crippen LogP contribution is -2.44. The molecule has 4 rings (SSSR count). The number of nitrogens with zero attached hydrogens (tertiary/aromatic N) is 2. The summed E-state index contributed by atoms with van der Waals surface area (Å²) in [4.78, 5) is 45.0. The van der Waals surface area contributed by atoms with Gasteiger partial charge in [-0.25, -0.2) is 4.79 Å². The van der Waals surface area contributed by atoms with Gasteiger partial charge in [0.25, 0.3) is 5.91 Å². The second-order valence-corrected chi connectivity index (χ2v) is 9.77. The number of nitrogens with one attached hydrogen (secondary N) is 2. The summed E-state index contributed by atoms with van der Waals surface area (Å²) in [7, 11) is 0. The number of aromatic amines is 1. The largest absolute Gasteiger partial charge is 0.361 e. The summed E-state index contributed by atoms with van der Waals surface area (Å²) in [5, 5.41) is 3.98. The fraction of sp³-hybridized carbons (Fsp3) is 0.560. The summed E-state index contributed by atoms with van der Waals surface area (Å²) in [5.74, 6) is 0.371. The average Bonchev–Trinajstić information content (AvgIpc) is 3.44. The molecule has 1 aromatic heterocycles. The topological polar surface area (TPSA) is 85.5 Å². The number of carbonyl (C=O) groups excluding carboxylic acids is 3. The van der Waals surface area contributed by atoms with Crippen molar-refractivity contribution in [2.75, 3.05) is 11.4 Å². The third kappa shape index (κ3) is 4.25. The van der Waals surface area contributed by atoms with E-state index in [1.807, 2.05) is 35.4 Å². The molecule has 2 N–H and O–H groups in total. The molecule has 1 unspecified atom stereocenters. The Morgan fingerprint density at radius 2 is 1.91 bits per heavy atom. The molecule has 1 saturated carbocycles. The van der Waals surface area contributed by atoms with Gasteiger partial charge in [-0.1, -0.05) is 26.7 Å². The molecule has 1 atom stereocenters. The Hall–Kier alpha value is -2.83. The van der Waals surface area contributed by atoms with E-state index in [1.54, 1.807) is 0 Å². The summed E-state index contributed by atoms with van der Waals surface area (Å²) in [6.45, 7) is 6.68. The molecule has 1 saturated heterocycles. The molecule has 0 radical (unpaired) electrons. The minimum atomic E-state index is -0.690. The normalized spacial score (nSPS) is 18.7. The standard InChI is InChI=1S/C25H34N4O3/c1-17(2)15-18(3)29(20-8-9-21-19(16-20)10-13-26-21)22(30)7-6-14-28-23(31)25(27-24(28)32)11-4-5-12-25/h8-10,13,16-18,26H,4-7,11-12,14-15H2,1-3H3,(H,27,32). The second-order valence-electron chi connectivity index (χ2n) is 9.77. The first kappa shape index (κ1) is 22.4. The van der Waals surface area contributed by atoms with Crippen LogP contribution in [0.4, 0.5) is 10.5 Å². The van der Waals surface area contributed by atoms with Crippen LogP contribution in [0.25, 0.3) is 10.9 Å². The molecule has 2 heterocycles. The van der Waals surface area contributed by atoms with Gasteiger partial charge in [-0.05, 0) is 62.8 Å². The van der Waals surface area contributed by atoms with Gasteiger partial charge in [0.15, 0.2) is 0 Å². The van der Waals surface area contributed by atoms with Crippen LogP contribution >= 0.6 is 0 Å².